The quantitative estimate of drug-likeness (QED) is 0.812. The van der Waals surface area contributed by atoms with E-state index in [4.69, 9.17) is 5.26 Å². The molecular formula is C16H12F3N3O2S. The average molecular weight is 367 g/mol. The number of hydrogen-bond acceptors (Lipinski definition) is 4. The predicted octanol–water partition coefficient (Wildman–Crippen LogP) is 3.30. The van der Waals surface area contributed by atoms with Crippen molar-refractivity contribution in [1.29, 1.82) is 5.26 Å². The number of nitrogens with zero attached hydrogens (tertiary/aromatic N) is 1. The van der Waals surface area contributed by atoms with Crippen LogP contribution in [0.25, 0.3) is 0 Å². The maximum atomic E-state index is 12.5. The Morgan fingerprint density at radius 2 is 1.96 bits per heavy atom. The van der Waals surface area contributed by atoms with Crippen LogP contribution in [0.1, 0.15) is 16.7 Å². The number of H-pyrrole nitrogens is 1. The molecule has 1 aromatic carbocycles. The molecule has 0 saturated heterocycles. The van der Waals surface area contributed by atoms with Crippen LogP contribution >= 0.6 is 11.8 Å². The summed E-state index contributed by atoms with van der Waals surface area (Å²) in [7, 11) is 0. The van der Waals surface area contributed by atoms with Gasteiger partial charge in [0.1, 0.15) is 6.07 Å². The van der Waals surface area contributed by atoms with E-state index in [1.165, 1.54) is 6.07 Å². The number of nitrogens with one attached hydrogen (secondary N) is 2. The first-order chi connectivity index (χ1) is 11.7. The summed E-state index contributed by atoms with van der Waals surface area (Å²) >= 11 is 0.965. The van der Waals surface area contributed by atoms with Crippen LogP contribution in [0.5, 0.6) is 0 Å². The fourth-order valence-electron chi connectivity index (χ4n) is 1.98. The lowest BCUT2D eigenvalue weighted by atomic mass is 10.2. The maximum Gasteiger partial charge on any atom is 0.416 e. The van der Waals surface area contributed by atoms with Crippen LogP contribution in [0, 0.1) is 18.3 Å². The van der Waals surface area contributed by atoms with E-state index in [0.717, 1.165) is 36.0 Å². The van der Waals surface area contributed by atoms with Gasteiger partial charge >= 0.3 is 6.18 Å². The summed E-state index contributed by atoms with van der Waals surface area (Å²) in [6.07, 6.45) is -4.44. The molecule has 2 rings (SSSR count). The van der Waals surface area contributed by atoms with Gasteiger partial charge in [0, 0.05) is 11.8 Å². The van der Waals surface area contributed by atoms with Crippen LogP contribution in [0.15, 0.2) is 40.2 Å². The van der Waals surface area contributed by atoms with E-state index in [1.54, 1.807) is 6.92 Å². The number of carbonyl (C=O) groups excluding carboxylic acids is 1. The molecule has 5 nitrogen and oxygen atoms in total. The lowest BCUT2D eigenvalue weighted by molar-refractivity contribution is -0.137. The van der Waals surface area contributed by atoms with Crippen molar-refractivity contribution in [2.45, 2.75) is 18.1 Å². The van der Waals surface area contributed by atoms with Gasteiger partial charge in [-0.25, -0.2) is 0 Å². The summed E-state index contributed by atoms with van der Waals surface area (Å²) < 4.78 is 37.4. The molecule has 0 aliphatic rings. The smallest absolute Gasteiger partial charge is 0.325 e. The van der Waals surface area contributed by atoms with Crippen LogP contribution in [0.3, 0.4) is 0 Å². The van der Waals surface area contributed by atoms with Gasteiger partial charge in [0.2, 0.25) is 11.5 Å². The van der Waals surface area contributed by atoms with Gasteiger partial charge in [0.15, 0.2) is 0 Å². The number of thioether (sulfide) groups is 1. The Kier molecular flexibility index (Phi) is 5.54. The second kappa shape index (κ2) is 7.44. The first-order valence-corrected chi connectivity index (χ1v) is 7.93. The molecule has 0 bridgehead atoms. The lowest BCUT2D eigenvalue weighted by Gasteiger charge is -2.09. The number of aryl methyl sites for hydroxylation is 1. The summed E-state index contributed by atoms with van der Waals surface area (Å²) in [5.41, 5.74) is -0.210. The van der Waals surface area contributed by atoms with Crippen molar-refractivity contribution in [2.24, 2.45) is 0 Å². The van der Waals surface area contributed by atoms with E-state index in [2.05, 4.69) is 10.3 Å². The predicted molar refractivity (Wildman–Crippen MR) is 87.3 cm³/mol. The average Bonchev–Trinajstić information content (AvgIpc) is 2.52. The number of aromatic nitrogens is 1. The molecule has 0 saturated carbocycles. The van der Waals surface area contributed by atoms with Crippen molar-refractivity contribution in [3.05, 3.63) is 57.4 Å². The fraction of sp³-hybridized carbons (Fsp3) is 0.188. The van der Waals surface area contributed by atoms with E-state index in [1.807, 2.05) is 6.07 Å². The van der Waals surface area contributed by atoms with E-state index in [0.29, 0.717) is 5.56 Å². The monoisotopic (exact) mass is 367 g/mol. The highest BCUT2D eigenvalue weighted by Crippen LogP contribution is 2.30. The van der Waals surface area contributed by atoms with E-state index >= 15 is 0 Å². The third-order valence-corrected chi connectivity index (χ3v) is 4.16. The molecule has 2 aromatic rings. The minimum atomic E-state index is -4.44. The Labute approximate surface area is 144 Å². The van der Waals surface area contributed by atoms with E-state index in [-0.39, 0.29) is 27.6 Å². The molecule has 1 amide bonds. The molecule has 0 aliphatic heterocycles. The van der Waals surface area contributed by atoms with Gasteiger partial charge in [-0.2, -0.15) is 18.4 Å². The fourth-order valence-corrected chi connectivity index (χ4v) is 2.85. The van der Waals surface area contributed by atoms with Crippen molar-refractivity contribution in [3.8, 4) is 6.07 Å². The third kappa shape index (κ3) is 4.87. The summed E-state index contributed by atoms with van der Waals surface area (Å²) in [6.45, 7) is 1.61. The molecule has 9 heteroatoms. The van der Waals surface area contributed by atoms with Gasteiger partial charge in [0.25, 0.3) is 0 Å². The number of carbonyl (C=O) groups is 1. The van der Waals surface area contributed by atoms with Crippen LogP contribution < -0.4 is 10.9 Å². The molecule has 0 spiro atoms. The molecule has 1 aromatic heterocycles. The van der Waals surface area contributed by atoms with Crippen molar-refractivity contribution in [3.63, 3.8) is 0 Å². The Bertz CT molecular complexity index is 883. The molecule has 0 fully saturated rings. The standard InChI is InChI=1S/C16H12F3N3O2S/c1-9-6-13(23)22-15(12(9)7-20)25-8-14(24)21-11-4-2-10(3-5-11)16(17,18)19/h2-6H,8H2,1H3,(H,21,24)(H,22,23). The van der Waals surface area contributed by atoms with Crippen LogP contribution in [-0.4, -0.2) is 16.6 Å². The minimum Gasteiger partial charge on any atom is -0.325 e. The number of rotatable bonds is 4. The van der Waals surface area contributed by atoms with Gasteiger partial charge in [-0.1, -0.05) is 11.8 Å². The molecule has 1 heterocycles. The number of halogens is 3. The molecule has 0 radical (unpaired) electrons. The summed E-state index contributed by atoms with van der Waals surface area (Å²) in [4.78, 5) is 25.9. The Morgan fingerprint density at radius 1 is 1.32 bits per heavy atom. The lowest BCUT2D eigenvalue weighted by Crippen LogP contribution is -2.16. The van der Waals surface area contributed by atoms with Crippen LogP contribution in [-0.2, 0) is 11.0 Å². The Hall–Kier alpha value is -2.73. The van der Waals surface area contributed by atoms with Crippen molar-refractivity contribution >= 4 is 23.4 Å². The highest BCUT2D eigenvalue weighted by atomic mass is 32.2. The number of nitriles is 1. The topological polar surface area (TPSA) is 85.8 Å². The number of benzene rings is 1. The third-order valence-electron chi connectivity index (χ3n) is 3.16. The van der Waals surface area contributed by atoms with Gasteiger partial charge in [-0.05, 0) is 36.8 Å². The maximum absolute atomic E-state index is 12.5. The van der Waals surface area contributed by atoms with Crippen molar-refractivity contribution in [2.75, 3.05) is 11.1 Å². The Morgan fingerprint density at radius 3 is 2.52 bits per heavy atom. The largest absolute Gasteiger partial charge is 0.416 e. The first kappa shape index (κ1) is 18.6. The van der Waals surface area contributed by atoms with Gasteiger partial charge in [0.05, 0.1) is 21.9 Å². The second-order valence-corrected chi connectivity index (χ2v) is 6.03. The normalized spacial score (nSPS) is 11.0. The van der Waals surface area contributed by atoms with Crippen LogP contribution in [0.4, 0.5) is 18.9 Å². The van der Waals surface area contributed by atoms with Gasteiger partial charge in [-0.15, -0.1) is 0 Å². The number of pyridine rings is 1. The SMILES string of the molecule is Cc1cc(=O)[nH]c(SCC(=O)Nc2ccc(C(F)(F)F)cc2)c1C#N. The summed E-state index contributed by atoms with van der Waals surface area (Å²) in [6, 6.07) is 7.28. The molecule has 2 N–H and O–H groups in total. The van der Waals surface area contributed by atoms with Gasteiger partial charge < -0.3 is 10.3 Å². The summed E-state index contributed by atoms with van der Waals surface area (Å²) in [5, 5.41) is 11.8. The zero-order chi connectivity index (χ0) is 18.6. The zero-order valence-corrected chi connectivity index (χ0v) is 13.7. The molecule has 130 valence electrons. The van der Waals surface area contributed by atoms with Crippen molar-refractivity contribution < 1.29 is 18.0 Å². The van der Waals surface area contributed by atoms with E-state index < -0.39 is 17.6 Å². The van der Waals surface area contributed by atoms with Crippen molar-refractivity contribution in [1.82, 2.24) is 4.98 Å². The van der Waals surface area contributed by atoms with Crippen LogP contribution in [0.2, 0.25) is 0 Å². The second-order valence-electron chi connectivity index (χ2n) is 5.04. The summed E-state index contributed by atoms with van der Waals surface area (Å²) in [5.74, 6) is -0.592. The molecule has 25 heavy (non-hydrogen) atoms. The number of amides is 1. The first-order valence-electron chi connectivity index (χ1n) is 6.94. The molecular weight excluding hydrogens is 355 g/mol. The molecule has 0 atom stereocenters. The molecule has 0 aliphatic carbocycles. The number of hydrogen-bond donors (Lipinski definition) is 2. The number of aromatic amines is 1. The van der Waals surface area contributed by atoms with E-state index in [9.17, 15) is 22.8 Å². The highest BCUT2D eigenvalue weighted by molar-refractivity contribution is 8.00. The minimum absolute atomic E-state index is 0.116. The highest BCUT2D eigenvalue weighted by Gasteiger charge is 2.29. The zero-order valence-electron chi connectivity index (χ0n) is 12.9. The van der Waals surface area contributed by atoms with Gasteiger partial charge in [-0.3, -0.25) is 9.59 Å². The Balaban J connectivity index is 2.02. The number of anilines is 1. The molecule has 0 unspecified atom stereocenters. The number of alkyl halides is 3.